The summed E-state index contributed by atoms with van der Waals surface area (Å²) in [6.07, 6.45) is 0.842. The molecule has 1 fully saturated rings. The van der Waals surface area contributed by atoms with E-state index in [4.69, 9.17) is 15.2 Å². The standard InChI is InChI=1S/C7H15NO2/c1-3-9-7(10-4-2)5-6(7)8/h6H,3-5,8H2,1-2H3/t6-/m0/s1. The summed E-state index contributed by atoms with van der Waals surface area (Å²) in [4.78, 5) is 0. The van der Waals surface area contributed by atoms with E-state index in [0.29, 0.717) is 13.2 Å². The Kier molecular flexibility index (Phi) is 2.28. The minimum absolute atomic E-state index is 0.0902. The molecule has 10 heavy (non-hydrogen) atoms. The van der Waals surface area contributed by atoms with Crippen molar-refractivity contribution >= 4 is 0 Å². The van der Waals surface area contributed by atoms with Crippen molar-refractivity contribution in [2.24, 2.45) is 5.73 Å². The third-order valence-corrected chi connectivity index (χ3v) is 1.69. The van der Waals surface area contributed by atoms with Crippen molar-refractivity contribution in [1.82, 2.24) is 0 Å². The molecule has 0 radical (unpaired) electrons. The molecule has 60 valence electrons. The average molecular weight is 145 g/mol. The maximum atomic E-state index is 5.62. The number of hydrogen-bond donors (Lipinski definition) is 1. The van der Waals surface area contributed by atoms with Crippen molar-refractivity contribution in [2.45, 2.75) is 32.1 Å². The molecule has 0 heterocycles. The smallest absolute Gasteiger partial charge is 0.185 e. The Hall–Kier alpha value is -0.120. The molecular weight excluding hydrogens is 130 g/mol. The highest BCUT2D eigenvalue weighted by Crippen LogP contribution is 2.39. The number of nitrogens with two attached hydrogens (primary N) is 1. The largest absolute Gasteiger partial charge is 0.349 e. The van der Waals surface area contributed by atoms with Gasteiger partial charge in [-0.15, -0.1) is 0 Å². The lowest BCUT2D eigenvalue weighted by atomic mass is 10.6. The molecule has 1 saturated carbocycles. The summed E-state index contributed by atoms with van der Waals surface area (Å²) in [5.41, 5.74) is 5.62. The van der Waals surface area contributed by atoms with Crippen molar-refractivity contribution in [2.75, 3.05) is 13.2 Å². The van der Waals surface area contributed by atoms with Crippen LogP contribution in [0.1, 0.15) is 20.3 Å². The van der Waals surface area contributed by atoms with Crippen molar-refractivity contribution in [3.63, 3.8) is 0 Å². The first-order valence-electron chi connectivity index (χ1n) is 3.78. The molecule has 0 aliphatic heterocycles. The van der Waals surface area contributed by atoms with Gasteiger partial charge in [0.2, 0.25) is 0 Å². The van der Waals surface area contributed by atoms with Gasteiger partial charge in [0.15, 0.2) is 5.79 Å². The van der Waals surface area contributed by atoms with E-state index in [9.17, 15) is 0 Å². The molecule has 0 amide bonds. The van der Waals surface area contributed by atoms with Gasteiger partial charge in [-0.1, -0.05) is 0 Å². The Labute approximate surface area is 61.5 Å². The molecule has 0 aromatic rings. The van der Waals surface area contributed by atoms with E-state index in [2.05, 4.69) is 0 Å². The Bertz CT molecular complexity index is 110. The van der Waals surface area contributed by atoms with Crippen LogP contribution in [0, 0.1) is 0 Å². The first-order valence-corrected chi connectivity index (χ1v) is 3.78. The van der Waals surface area contributed by atoms with E-state index in [1.165, 1.54) is 0 Å². The molecule has 3 nitrogen and oxygen atoms in total. The highest BCUT2D eigenvalue weighted by atomic mass is 16.7. The van der Waals surface area contributed by atoms with Gasteiger partial charge in [0.1, 0.15) is 0 Å². The van der Waals surface area contributed by atoms with Crippen LogP contribution >= 0.6 is 0 Å². The summed E-state index contributed by atoms with van der Waals surface area (Å²) >= 11 is 0. The van der Waals surface area contributed by atoms with E-state index >= 15 is 0 Å². The zero-order valence-electron chi connectivity index (χ0n) is 6.59. The molecule has 0 saturated heterocycles. The van der Waals surface area contributed by atoms with Gasteiger partial charge in [0, 0.05) is 19.6 Å². The third-order valence-electron chi connectivity index (χ3n) is 1.69. The van der Waals surface area contributed by atoms with Crippen molar-refractivity contribution in [1.29, 1.82) is 0 Å². The van der Waals surface area contributed by atoms with Gasteiger partial charge in [0.25, 0.3) is 0 Å². The second-order valence-corrected chi connectivity index (χ2v) is 2.49. The zero-order chi connectivity index (χ0) is 7.61. The van der Waals surface area contributed by atoms with Crippen LogP contribution in [0.3, 0.4) is 0 Å². The molecule has 0 unspecified atom stereocenters. The van der Waals surface area contributed by atoms with Gasteiger partial charge >= 0.3 is 0 Å². The number of hydrogen-bond acceptors (Lipinski definition) is 3. The summed E-state index contributed by atoms with van der Waals surface area (Å²) in [6, 6.07) is 0.0902. The van der Waals surface area contributed by atoms with Gasteiger partial charge in [-0.2, -0.15) is 0 Å². The summed E-state index contributed by atoms with van der Waals surface area (Å²) in [7, 11) is 0. The second-order valence-electron chi connectivity index (χ2n) is 2.49. The lowest BCUT2D eigenvalue weighted by Gasteiger charge is -2.15. The molecule has 3 heteroatoms. The van der Waals surface area contributed by atoms with Crippen LogP contribution < -0.4 is 5.73 Å². The first kappa shape index (κ1) is 7.98. The van der Waals surface area contributed by atoms with Crippen LogP contribution in [0.5, 0.6) is 0 Å². The van der Waals surface area contributed by atoms with Crippen LogP contribution in [-0.2, 0) is 9.47 Å². The fourth-order valence-electron chi connectivity index (χ4n) is 1.11. The molecule has 1 aliphatic carbocycles. The lowest BCUT2D eigenvalue weighted by Crippen LogP contribution is -2.27. The maximum absolute atomic E-state index is 5.62. The van der Waals surface area contributed by atoms with Gasteiger partial charge in [-0.3, -0.25) is 0 Å². The molecule has 0 aromatic carbocycles. The Balaban J connectivity index is 2.31. The lowest BCUT2D eigenvalue weighted by molar-refractivity contribution is -0.163. The van der Waals surface area contributed by atoms with Gasteiger partial charge < -0.3 is 15.2 Å². The average Bonchev–Trinajstić information content (AvgIpc) is 2.44. The second kappa shape index (κ2) is 2.86. The van der Waals surface area contributed by atoms with Crippen LogP contribution in [-0.4, -0.2) is 25.0 Å². The molecular formula is C7H15NO2. The van der Waals surface area contributed by atoms with Crippen molar-refractivity contribution in [3.05, 3.63) is 0 Å². The zero-order valence-corrected chi connectivity index (χ0v) is 6.59. The predicted molar refractivity (Wildman–Crippen MR) is 38.6 cm³/mol. The summed E-state index contributed by atoms with van der Waals surface area (Å²) in [6.45, 7) is 5.25. The molecule has 0 aromatic heterocycles. The minimum Gasteiger partial charge on any atom is -0.349 e. The summed E-state index contributed by atoms with van der Waals surface area (Å²) < 4.78 is 10.7. The molecule has 1 aliphatic rings. The summed E-state index contributed by atoms with van der Waals surface area (Å²) in [5, 5.41) is 0. The fraction of sp³-hybridized carbons (Fsp3) is 1.00. The van der Waals surface area contributed by atoms with Crippen LogP contribution in [0.25, 0.3) is 0 Å². The molecule has 2 N–H and O–H groups in total. The van der Waals surface area contributed by atoms with Gasteiger partial charge in [-0.25, -0.2) is 0 Å². The molecule has 0 spiro atoms. The van der Waals surface area contributed by atoms with Crippen molar-refractivity contribution in [3.8, 4) is 0 Å². The van der Waals surface area contributed by atoms with Crippen molar-refractivity contribution < 1.29 is 9.47 Å². The normalized spacial score (nSPS) is 28.5. The predicted octanol–water partition coefficient (Wildman–Crippen LogP) is 0.487. The fourth-order valence-corrected chi connectivity index (χ4v) is 1.11. The highest BCUT2D eigenvalue weighted by Gasteiger charge is 2.54. The van der Waals surface area contributed by atoms with Crippen LogP contribution in [0.15, 0.2) is 0 Å². The Morgan fingerprint density at radius 1 is 1.40 bits per heavy atom. The van der Waals surface area contributed by atoms with Crippen LogP contribution in [0.2, 0.25) is 0 Å². The molecule has 1 rings (SSSR count). The topological polar surface area (TPSA) is 44.5 Å². The SMILES string of the molecule is CCOC1(OCC)C[C@@H]1N. The Morgan fingerprint density at radius 3 is 2.00 bits per heavy atom. The molecule has 0 bridgehead atoms. The van der Waals surface area contributed by atoms with E-state index < -0.39 is 5.79 Å². The highest BCUT2D eigenvalue weighted by molar-refractivity contribution is 5.01. The Morgan fingerprint density at radius 2 is 1.80 bits per heavy atom. The third kappa shape index (κ3) is 1.31. The monoisotopic (exact) mass is 145 g/mol. The summed E-state index contributed by atoms with van der Waals surface area (Å²) in [5.74, 6) is -0.413. The quantitative estimate of drug-likeness (QED) is 0.585. The van der Waals surface area contributed by atoms with E-state index in [1.807, 2.05) is 13.8 Å². The minimum atomic E-state index is -0.413. The van der Waals surface area contributed by atoms with E-state index in [-0.39, 0.29) is 6.04 Å². The maximum Gasteiger partial charge on any atom is 0.185 e. The van der Waals surface area contributed by atoms with Gasteiger partial charge in [0.05, 0.1) is 6.04 Å². The molecule has 1 atom stereocenters. The van der Waals surface area contributed by atoms with E-state index in [0.717, 1.165) is 6.42 Å². The number of rotatable bonds is 4. The number of ether oxygens (including phenoxy) is 2. The van der Waals surface area contributed by atoms with Gasteiger partial charge in [-0.05, 0) is 13.8 Å². The van der Waals surface area contributed by atoms with E-state index in [1.54, 1.807) is 0 Å². The first-order chi connectivity index (χ1) is 4.75. The van der Waals surface area contributed by atoms with Crippen LogP contribution in [0.4, 0.5) is 0 Å².